The van der Waals surface area contributed by atoms with Crippen LogP contribution in [0.1, 0.15) is 36.9 Å². The maximum absolute atomic E-state index is 6.00. The molecule has 1 saturated heterocycles. The zero-order valence-corrected chi connectivity index (χ0v) is 13.9. The van der Waals surface area contributed by atoms with Crippen molar-refractivity contribution in [2.45, 2.75) is 32.4 Å². The van der Waals surface area contributed by atoms with Crippen LogP contribution in [0.4, 0.5) is 5.69 Å². The van der Waals surface area contributed by atoms with Gasteiger partial charge in [-0.1, -0.05) is 23.7 Å². The quantitative estimate of drug-likeness (QED) is 0.817. The van der Waals surface area contributed by atoms with Crippen molar-refractivity contribution in [2.75, 3.05) is 18.4 Å². The third-order valence-corrected chi connectivity index (χ3v) is 5.14. The number of thiophene rings is 1. The molecule has 0 radical (unpaired) electrons. The second kappa shape index (κ2) is 6.82. The van der Waals surface area contributed by atoms with Crippen molar-refractivity contribution in [2.24, 2.45) is 0 Å². The lowest BCUT2D eigenvalue weighted by atomic mass is 10.1. The minimum absolute atomic E-state index is 0.276. The van der Waals surface area contributed by atoms with E-state index in [1.54, 1.807) is 11.3 Å². The summed E-state index contributed by atoms with van der Waals surface area (Å²) < 4.78 is 0.847. The van der Waals surface area contributed by atoms with Gasteiger partial charge >= 0.3 is 0 Å². The molecule has 2 nitrogen and oxygen atoms in total. The van der Waals surface area contributed by atoms with Crippen LogP contribution in [-0.4, -0.2) is 18.0 Å². The number of benzene rings is 1. The SMILES string of the molecule is CC(Nc1ccc(CN2CCCC2)cc1)c1csc(Cl)c1. The van der Waals surface area contributed by atoms with Gasteiger partial charge in [-0.25, -0.2) is 0 Å². The first-order chi connectivity index (χ1) is 10.2. The third-order valence-electron chi connectivity index (χ3n) is 4.03. The highest BCUT2D eigenvalue weighted by Crippen LogP contribution is 2.27. The summed E-state index contributed by atoms with van der Waals surface area (Å²) in [4.78, 5) is 2.53. The molecule has 1 aliphatic rings. The van der Waals surface area contributed by atoms with Crippen LogP contribution in [0.2, 0.25) is 4.34 Å². The van der Waals surface area contributed by atoms with Crippen LogP contribution < -0.4 is 5.32 Å². The molecule has 1 atom stereocenters. The Bertz CT molecular complexity index is 573. The fourth-order valence-electron chi connectivity index (χ4n) is 2.79. The van der Waals surface area contributed by atoms with E-state index < -0.39 is 0 Å². The molecular weight excluding hydrogens is 300 g/mol. The van der Waals surface area contributed by atoms with Gasteiger partial charge in [-0.3, -0.25) is 4.90 Å². The van der Waals surface area contributed by atoms with Gasteiger partial charge in [0.15, 0.2) is 0 Å². The van der Waals surface area contributed by atoms with Gasteiger partial charge in [0.1, 0.15) is 0 Å². The summed E-state index contributed by atoms with van der Waals surface area (Å²) in [5.74, 6) is 0. The summed E-state index contributed by atoms with van der Waals surface area (Å²) in [6.45, 7) is 5.73. The van der Waals surface area contributed by atoms with Crippen molar-refractivity contribution in [3.8, 4) is 0 Å². The molecule has 1 aliphatic heterocycles. The number of nitrogens with one attached hydrogen (secondary N) is 1. The van der Waals surface area contributed by atoms with E-state index in [0.29, 0.717) is 0 Å². The van der Waals surface area contributed by atoms with Crippen molar-refractivity contribution >= 4 is 28.6 Å². The molecule has 3 rings (SSSR count). The molecule has 2 heterocycles. The van der Waals surface area contributed by atoms with E-state index in [0.717, 1.165) is 16.6 Å². The average Bonchev–Trinajstić information content (AvgIpc) is 3.12. The topological polar surface area (TPSA) is 15.3 Å². The minimum atomic E-state index is 0.276. The Labute approximate surface area is 135 Å². The van der Waals surface area contributed by atoms with E-state index >= 15 is 0 Å². The van der Waals surface area contributed by atoms with Gasteiger partial charge in [0, 0.05) is 18.3 Å². The maximum atomic E-state index is 6.00. The van der Waals surface area contributed by atoms with E-state index in [4.69, 9.17) is 11.6 Å². The molecule has 1 N–H and O–H groups in total. The summed E-state index contributed by atoms with van der Waals surface area (Å²) in [5.41, 5.74) is 3.80. The average molecular weight is 321 g/mol. The molecule has 2 aromatic rings. The number of halogens is 1. The van der Waals surface area contributed by atoms with Crippen molar-refractivity contribution in [1.82, 2.24) is 4.90 Å². The molecule has 0 amide bonds. The van der Waals surface area contributed by atoms with Gasteiger partial charge < -0.3 is 5.32 Å². The lowest BCUT2D eigenvalue weighted by Crippen LogP contribution is -2.18. The predicted molar refractivity (Wildman–Crippen MR) is 92.3 cm³/mol. The van der Waals surface area contributed by atoms with Crippen LogP contribution >= 0.6 is 22.9 Å². The van der Waals surface area contributed by atoms with Gasteiger partial charge in [-0.2, -0.15) is 0 Å². The molecular formula is C17H21ClN2S. The van der Waals surface area contributed by atoms with Crippen molar-refractivity contribution in [3.63, 3.8) is 0 Å². The number of anilines is 1. The van der Waals surface area contributed by atoms with Crippen LogP contribution in [-0.2, 0) is 6.54 Å². The van der Waals surface area contributed by atoms with Crippen LogP contribution in [0.25, 0.3) is 0 Å². The van der Waals surface area contributed by atoms with Crippen LogP contribution in [0, 0.1) is 0 Å². The predicted octanol–water partition coefficient (Wildman–Crippen LogP) is 5.17. The fourth-order valence-corrected chi connectivity index (χ4v) is 3.77. The largest absolute Gasteiger partial charge is 0.378 e. The Morgan fingerprint density at radius 1 is 1.24 bits per heavy atom. The monoisotopic (exact) mass is 320 g/mol. The Hall–Kier alpha value is -1.03. The van der Waals surface area contributed by atoms with Crippen molar-refractivity contribution in [3.05, 3.63) is 51.2 Å². The van der Waals surface area contributed by atoms with Gasteiger partial charge in [0.25, 0.3) is 0 Å². The van der Waals surface area contributed by atoms with E-state index in [-0.39, 0.29) is 6.04 Å². The Kier molecular flexibility index (Phi) is 4.84. The number of hydrogen-bond donors (Lipinski definition) is 1. The maximum Gasteiger partial charge on any atom is 0.0931 e. The molecule has 0 aliphatic carbocycles. The Morgan fingerprint density at radius 2 is 1.95 bits per heavy atom. The van der Waals surface area contributed by atoms with Gasteiger partial charge in [0.2, 0.25) is 0 Å². The van der Waals surface area contributed by atoms with E-state index in [9.17, 15) is 0 Å². The van der Waals surface area contributed by atoms with Gasteiger partial charge in [-0.05, 0) is 67.6 Å². The van der Waals surface area contributed by atoms with E-state index in [2.05, 4.69) is 46.8 Å². The fraction of sp³-hybridized carbons (Fsp3) is 0.412. The number of nitrogens with zero attached hydrogens (tertiary/aromatic N) is 1. The smallest absolute Gasteiger partial charge is 0.0931 e. The molecule has 1 unspecified atom stereocenters. The highest BCUT2D eigenvalue weighted by molar-refractivity contribution is 7.14. The van der Waals surface area contributed by atoms with Gasteiger partial charge in [0.05, 0.1) is 4.34 Å². The number of hydrogen-bond acceptors (Lipinski definition) is 3. The lowest BCUT2D eigenvalue weighted by molar-refractivity contribution is 0.331. The zero-order valence-electron chi connectivity index (χ0n) is 12.3. The molecule has 0 spiro atoms. The summed E-state index contributed by atoms with van der Waals surface area (Å²) in [5, 5.41) is 5.64. The number of rotatable bonds is 5. The second-order valence-electron chi connectivity index (χ2n) is 5.73. The molecule has 0 bridgehead atoms. The first-order valence-electron chi connectivity index (χ1n) is 7.52. The molecule has 0 saturated carbocycles. The Morgan fingerprint density at radius 3 is 2.57 bits per heavy atom. The molecule has 1 aromatic carbocycles. The molecule has 21 heavy (non-hydrogen) atoms. The summed E-state index contributed by atoms with van der Waals surface area (Å²) in [6.07, 6.45) is 2.70. The zero-order chi connectivity index (χ0) is 14.7. The Balaban J connectivity index is 1.58. The second-order valence-corrected chi connectivity index (χ2v) is 7.27. The molecule has 1 fully saturated rings. The summed E-state index contributed by atoms with van der Waals surface area (Å²) in [7, 11) is 0. The van der Waals surface area contributed by atoms with Crippen LogP contribution in [0.3, 0.4) is 0 Å². The molecule has 4 heteroatoms. The third kappa shape index (κ3) is 4.00. The first-order valence-corrected chi connectivity index (χ1v) is 8.78. The minimum Gasteiger partial charge on any atom is -0.378 e. The highest BCUT2D eigenvalue weighted by Gasteiger charge is 2.12. The van der Waals surface area contributed by atoms with Crippen molar-refractivity contribution in [1.29, 1.82) is 0 Å². The lowest BCUT2D eigenvalue weighted by Gasteiger charge is -2.16. The van der Waals surface area contributed by atoms with Crippen LogP contribution in [0.5, 0.6) is 0 Å². The molecule has 112 valence electrons. The van der Waals surface area contributed by atoms with E-state index in [1.165, 1.54) is 37.1 Å². The number of likely N-dealkylation sites (tertiary alicyclic amines) is 1. The van der Waals surface area contributed by atoms with Crippen molar-refractivity contribution < 1.29 is 0 Å². The van der Waals surface area contributed by atoms with Crippen LogP contribution in [0.15, 0.2) is 35.7 Å². The van der Waals surface area contributed by atoms with Gasteiger partial charge in [-0.15, -0.1) is 11.3 Å². The normalized spacial score (nSPS) is 17.0. The van der Waals surface area contributed by atoms with E-state index in [1.807, 2.05) is 6.07 Å². The summed E-state index contributed by atoms with van der Waals surface area (Å²) >= 11 is 7.58. The molecule has 1 aromatic heterocycles. The first kappa shape index (κ1) is 14.9. The summed E-state index contributed by atoms with van der Waals surface area (Å²) in [6, 6.07) is 11.1. The highest BCUT2D eigenvalue weighted by atomic mass is 35.5. The standard InChI is InChI=1S/C17H21ClN2S/c1-13(15-10-17(18)21-12-15)19-16-6-4-14(5-7-16)11-20-8-2-3-9-20/h4-7,10,12-13,19H,2-3,8-9,11H2,1H3.